The standard InChI is InChI=1S/C23H27N5O3/c1-16(29)24-19-7-3-5-17(13-19)14-27-12-4-6-18(15-27)22-25-23(30)28(26-22)20-8-10-21(31-2)11-9-20/h3,5,7-11,13,18H,4,6,12,14-15H2,1-2H3,(H,24,29)(H,25,26,30). The fourth-order valence-electron chi connectivity index (χ4n) is 4.05. The molecule has 0 spiro atoms. The van der Waals surface area contributed by atoms with Crippen molar-refractivity contribution in [3.05, 3.63) is 70.4 Å². The van der Waals surface area contributed by atoms with Crippen LogP contribution in [0.1, 0.15) is 37.1 Å². The number of aromatic nitrogens is 3. The lowest BCUT2D eigenvalue weighted by atomic mass is 9.97. The van der Waals surface area contributed by atoms with E-state index in [1.54, 1.807) is 7.11 Å². The number of H-pyrrole nitrogens is 1. The predicted molar refractivity (Wildman–Crippen MR) is 119 cm³/mol. The molecule has 8 heteroatoms. The van der Waals surface area contributed by atoms with Crippen LogP contribution in [0.25, 0.3) is 5.69 Å². The van der Waals surface area contributed by atoms with Gasteiger partial charge >= 0.3 is 5.69 Å². The maximum atomic E-state index is 12.5. The molecule has 31 heavy (non-hydrogen) atoms. The van der Waals surface area contributed by atoms with E-state index in [1.807, 2.05) is 42.5 Å². The van der Waals surface area contributed by atoms with Gasteiger partial charge in [-0.3, -0.25) is 14.7 Å². The molecule has 0 radical (unpaired) electrons. The monoisotopic (exact) mass is 421 g/mol. The van der Waals surface area contributed by atoms with Crippen molar-refractivity contribution >= 4 is 11.6 Å². The third kappa shape index (κ3) is 5.03. The van der Waals surface area contributed by atoms with Gasteiger partial charge < -0.3 is 10.1 Å². The molecule has 0 saturated carbocycles. The number of hydrogen-bond donors (Lipinski definition) is 2. The van der Waals surface area contributed by atoms with Gasteiger partial charge in [-0.25, -0.2) is 4.79 Å². The maximum Gasteiger partial charge on any atom is 0.348 e. The Hall–Kier alpha value is -3.39. The van der Waals surface area contributed by atoms with E-state index in [2.05, 4.69) is 26.4 Å². The third-order valence-electron chi connectivity index (χ3n) is 5.50. The average molecular weight is 422 g/mol. The van der Waals surface area contributed by atoms with E-state index in [0.29, 0.717) is 5.69 Å². The molecular weight excluding hydrogens is 394 g/mol. The first-order chi connectivity index (χ1) is 15.0. The molecule has 0 aliphatic carbocycles. The van der Waals surface area contributed by atoms with Gasteiger partial charge in [-0.1, -0.05) is 12.1 Å². The summed E-state index contributed by atoms with van der Waals surface area (Å²) in [5, 5.41) is 7.41. The highest BCUT2D eigenvalue weighted by Gasteiger charge is 2.25. The van der Waals surface area contributed by atoms with Gasteiger partial charge in [-0.2, -0.15) is 4.68 Å². The number of nitrogens with one attached hydrogen (secondary N) is 2. The lowest BCUT2D eigenvalue weighted by Crippen LogP contribution is -2.34. The van der Waals surface area contributed by atoms with Crippen LogP contribution in [0.5, 0.6) is 5.75 Å². The first-order valence-electron chi connectivity index (χ1n) is 10.4. The van der Waals surface area contributed by atoms with Gasteiger partial charge in [0.1, 0.15) is 11.6 Å². The lowest BCUT2D eigenvalue weighted by molar-refractivity contribution is -0.114. The number of carbonyl (C=O) groups is 1. The molecule has 1 aliphatic rings. The topological polar surface area (TPSA) is 92.2 Å². The molecule has 1 aliphatic heterocycles. The van der Waals surface area contributed by atoms with E-state index in [4.69, 9.17) is 4.74 Å². The number of hydrogen-bond acceptors (Lipinski definition) is 5. The van der Waals surface area contributed by atoms with Crippen LogP contribution in [0, 0.1) is 0 Å². The number of anilines is 1. The zero-order valence-corrected chi connectivity index (χ0v) is 17.8. The van der Waals surface area contributed by atoms with Crippen molar-refractivity contribution in [2.45, 2.75) is 32.2 Å². The third-order valence-corrected chi connectivity index (χ3v) is 5.50. The number of methoxy groups -OCH3 is 1. The number of nitrogens with zero attached hydrogens (tertiary/aromatic N) is 3. The Balaban J connectivity index is 1.46. The van der Waals surface area contributed by atoms with E-state index in [9.17, 15) is 9.59 Å². The molecule has 4 rings (SSSR count). The Morgan fingerprint density at radius 2 is 2.06 bits per heavy atom. The number of rotatable bonds is 6. The van der Waals surface area contributed by atoms with E-state index in [-0.39, 0.29) is 17.5 Å². The van der Waals surface area contributed by atoms with E-state index in [0.717, 1.165) is 55.3 Å². The molecule has 2 N–H and O–H groups in total. The zero-order valence-electron chi connectivity index (χ0n) is 17.8. The summed E-state index contributed by atoms with van der Waals surface area (Å²) in [6, 6.07) is 15.2. The second kappa shape index (κ2) is 9.18. The largest absolute Gasteiger partial charge is 0.497 e. The van der Waals surface area contributed by atoms with Gasteiger partial charge in [0.05, 0.1) is 12.8 Å². The van der Waals surface area contributed by atoms with Crippen molar-refractivity contribution in [1.29, 1.82) is 0 Å². The molecule has 1 amide bonds. The number of ether oxygens (including phenoxy) is 1. The van der Waals surface area contributed by atoms with E-state index < -0.39 is 0 Å². The van der Waals surface area contributed by atoms with Gasteiger partial charge in [0.25, 0.3) is 0 Å². The minimum Gasteiger partial charge on any atom is -0.497 e. The predicted octanol–water partition coefficient (Wildman–Crippen LogP) is 2.91. The van der Waals surface area contributed by atoms with E-state index >= 15 is 0 Å². The maximum absolute atomic E-state index is 12.5. The average Bonchev–Trinajstić information content (AvgIpc) is 3.15. The molecule has 1 atom stereocenters. The number of likely N-dealkylation sites (tertiary alicyclic amines) is 1. The highest BCUT2D eigenvalue weighted by Crippen LogP contribution is 2.26. The summed E-state index contributed by atoms with van der Waals surface area (Å²) in [4.78, 5) is 29.1. The second-order valence-corrected chi connectivity index (χ2v) is 7.88. The normalized spacial score (nSPS) is 16.8. The first-order valence-corrected chi connectivity index (χ1v) is 10.4. The molecule has 1 saturated heterocycles. The summed E-state index contributed by atoms with van der Waals surface area (Å²) >= 11 is 0. The summed E-state index contributed by atoms with van der Waals surface area (Å²) in [6.07, 6.45) is 2.02. The van der Waals surface area contributed by atoms with Gasteiger partial charge in [0, 0.05) is 31.6 Å². The van der Waals surface area contributed by atoms with Crippen LogP contribution in [-0.2, 0) is 11.3 Å². The number of aromatic amines is 1. The molecule has 8 nitrogen and oxygen atoms in total. The Morgan fingerprint density at radius 1 is 1.26 bits per heavy atom. The van der Waals surface area contributed by atoms with Gasteiger partial charge in [0.2, 0.25) is 5.91 Å². The Morgan fingerprint density at radius 3 is 2.81 bits per heavy atom. The molecule has 2 aromatic carbocycles. The number of amides is 1. The fraction of sp³-hybridized carbons (Fsp3) is 0.348. The number of benzene rings is 2. The summed E-state index contributed by atoms with van der Waals surface area (Å²) in [6.45, 7) is 4.10. The molecule has 1 unspecified atom stereocenters. The summed E-state index contributed by atoms with van der Waals surface area (Å²) < 4.78 is 6.59. The second-order valence-electron chi connectivity index (χ2n) is 7.88. The van der Waals surface area contributed by atoms with Gasteiger partial charge in [-0.05, 0) is 61.3 Å². The molecule has 2 heterocycles. The van der Waals surface area contributed by atoms with Crippen LogP contribution in [0.4, 0.5) is 5.69 Å². The van der Waals surface area contributed by atoms with E-state index in [1.165, 1.54) is 11.6 Å². The zero-order chi connectivity index (χ0) is 21.8. The molecule has 3 aromatic rings. The quantitative estimate of drug-likeness (QED) is 0.639. The molecule has 1 aromatic heterocycles. The molecule has 1 fully saturated rings. The molecule has 162 valence electrons. The number of carbonyl (C=O) groups excluding carboxylic acids is 1. The first kappa shape index (κ1) is 20.9. The Bertz CT molecular complexity index is 1100. The summed E-state index contributed by atoms with van der Waals surface area (Å²) in [7, 11) is 1.61. The van der Waals surface area contributed by atoms with Crippen LogP contribution in [0.15, 0.2) is 53.3 Å². The lowest BCUT2D eigenvalue weighted by Gasteiger charge is -2.31. The summed E-state index contributed by atoms with van der Waals surface area (Å²) in [5.41, 5.74) is 2.42. The van der Waals surface area contributed by atoms with Gasteiger partial charge in [-0.15, -0.1) is 5.10 Å². The minimum atomic E-state index is -0.236. The van der Waals surface area contributed by atoms with Gasteiger partial charge in [0.15, 0.2) is 0 Å². The smallest absolute Gasteiger partial charge is 0.348 e. The molecular formula is C23H27N5O3. The van der Waals surface area contributed by atoms with Crippen molar-refractivity contribution in [1.82, 2.24) is 19.7 Å². The minimum absolute atomic E-state index is 0.0772. The van der Waals surface area contributed by atoms with Crippen LogP contribution < -0.4 is 15.7 Å². The number of piperidine rings is 1. The van der Waals surface area contributed by atoms with Crippen molar-refractivity contribution in [2.24, 2.45) is 0 Å². The van der Waals surface area contributed by atoms with Crippen molar-refractivity contribution in [2.75, 3.05) is 25.5 Å². The summed E-state index contributed by atoms with van der Waals surface area (Å²) in [5.74, 6) is 1.54. The van der Waals surface area contributed by atoms with Crippen LogP contribution >= 0.6 is 0 Å². The van der Waals surface area contributed by atoms with Crippen molar-refractivity contribution in [3.63, 3.8) is 0 Å². The Kier molecular flexibility index (Phi) is 6.18. The fourth-order valence-corrected chi connectivity index (χ4v) is 4.05. The highest BCUT2D eigenvalue weighted by atomic mass is 16.5. The van der Waals surface area contributed by atoms with Crippen LogP contribution in [0.3, 0.4) is 0 Å². The highest BCUT2D eigenvalue weighted by molar-refractivity contribution is 5.88. The molecule has 0 bridgehead atoms. The van der Waals surface area contributed by atoms with Crippen molar-refractivity contribution in [3.8, 4) is 11.4 Å². The van der Waals surface area contributed by atoms with Crippen LogP contribution in [0.2, 0.25) is 0 Å². The Labute approximate surface area is 180 Å². The van der Waals surface area contributed by atoms with Crippen LogP contribution in [-0.4, -0.2) is 45.8 Å². The van der Waals surface area contributed by atoms with Crippen molar-refractivity contribution < 1.29 is 9.53 Å². The SMILES string of the molecule is COc1ccc(-n2nc(C3CCCN(Cc4cccc(NC(C)=O)c4)C3)[nH]c2=O)cc1.